The van der Waals surface area contributed by atoms with Crippen molar-refractivity contribution in [1.82, 2.24) is 15.0 Å². The topological polar surface area (TPSA) is 59.8 Å². The van der Waals surface area contributed by atoms with Gasteiger partial charge < -0.3 is 5.32 Å². The van der Waals surface area contributed by atoms with Crippen LogP contribution in [0.15, 0.2) is 42.5 Å². The molecule has 5 nitrogen and oxygen atoms in total. The highest BCUT2D eigenvalue weighted by Crippen LogP contribution is 2.22. The van der Waals surface area contributed by atoms with Gasteiger partial charge in [-0.2, -0.15) is 0 Å². The molecule has 3 rings (SSSR count). The molecule has 0 saturated heterocycles. The van der Waals surface area contributed by atoms with Crippen molar-refractivity contribution in [2.24, 2.45) is 0 Å². The van der Waals surface area contributed by atoms with Gasteiger partial charge in [-0.15, -0.1) is 5.10 Å². The van der Waals surface area contributed by atoms with Gasteiger partial charge in [-0.05, 0) is 56.2 Å². The average Bonchev–Trinajstić information content (AvgIpc) is 2.94. The van der Waals surface area contributed by atoms with Crippen molar-refractivity contribution >= 4 is 23.2 Å². The van der Waals surface area contributed by atoms with Crippen LogP contribution in [0, 0.1) is 20.8 Å². The molecule has 0 unspecified atom stereocenters. The van der Waals surface area contributed by atoms with Crippen molar-refractivity contribution in [3.63, 3.8) is 0 Å². The van der Waals surface area contributed by atoms with E-state index < -0.39 is 0 Å². The van der Waals surface area contributed by atoms with E-state index in [1.54, 1.807) is 28.9 Å². The zero-order chi connectivity index (χ0) is 17.3. The molecule has 0 aliphatic heterocycles. The molecule has 1 aromatic heterocycles. The monoisotopic (exact) mass is 340 g/mol. The van der Waals surface area contributed by atoms with E-state index in [2.05, 4.69) is 22.6 Å². The van der Waals surface area contributed by atoms with E-state index in [1.165, 1.54) is 5.56 Å². The number of halogens is 1. The Balaban J connectivity index is 1.91. The fourth-order valence-corrected chi connectivity index (χ4v) is 2.57. The molecule has 2 aromatic carbocycles. The highest BCUT2D eigenvalue weighted by molar-refractivity contribution is 6.33. The first-order valence-electron chi connectivity index (χ1n) is 7.53. The van der Waals surface area contributed by atoms with E-state index in [4.69, 9.17) is 11.6 Å². The second kappa shape index (κ2) is 6.45. The number of rotatable bonds is 3. The van der Waals surface area contributed by atoms with Crippen LogP contribution >= 0.6 is 11.6 Å². The number of benzene rings is 2. The smallest absolute Gasteiger partial charge is 0.278 e. The molecule has 0 bridgehead atoms. The van der Waals surface area contributed by atoms with Gasteiger partial charge in [0.2, 0.25) is 0 Å². The minimum absolute atomic E-state index is 0.271. The van der Waals surface area contributed by atoms with Crippen LogP contribution in [0.4, 0.5) is 5.69 Å². The minimum Gasteiger partial charge on any atom is -0.319 e. The summed E-state index contributed by atoms with van der Waals surface area (Å²) < 4.78 is 1.66. The van der Waals surface area contributed by atoms with Crippen LogP contribution in [-0.2, 0) is 0 Å². The lowest BCUT2D eigenvalue weighted by Crippen LogP contribution is -2.14. The van der Waals surface area contributed by atoms with Crippen molar-refractivity contribution in [1.29, 1.82) is 0 Å². The molecule has 3 aromatic rings. The Labute approximate surface area is 145 Å². The third-order valence-corrected chi connectivity index (χ3v) is 4.30. The second-order valence-corrected chi connectivity index (χ2v) is 6.04. The number of carbonyl (C=O) groups is 1. The van der Waals surface area contributed by atoms with Crippen molar-refractivity contribution in [2.45, 2.75) is 20.8 Å². The number of nitrogens with one attached hydrogen (secondary N) is 1. The van der Waals surface area contributed by atoms with Crippen molar-refractivity contribution in [3.05, 3.63) is 70.0 Å². The van der Waals surface area contributed by atoms with Crippen LogP contribution in [0.5, 0.6) is 0 Å². The van der Waals surface area contributed by atoms with Crippen molar-refractivity contribution in [3.8, 4) is 5.69 Å². The van der Waals surface area contributed by atoms with E-state index in [1.807, 2.05) is 32.0 Å². The number of aryl methyl sites for hydroxylation is 2. The van der Waals surface area contributed by atoms with Crippen LogP contribution < -0.4 is 5.32 Å². The highest BCUT2D eigenvalue weighted by atomic mass is 35.5. The molecule has 6 heteroatoms. The van der Waals surface area contributed by atoms with Crippen molar-refractivity contribution < 1.29 is 4.79 Å². The Morgan fingerprint density at radius 2 is 1.83 bits per heavy atom. The van der Waals surface area contributed by atoms with Crippen molar-refractivity contribution in [2.75, 3.05) is 5.32 Å². The Hall–Kier alpha value is -2.66. The lowest BCUT2D eigenvalue weighted by Gasteiger charge is -2.07. The van der Waals surface area contributed by atoms with Gasteiger partial charge in [0.15, 0.2) is 5.69 Å². The molecular formula is C18H17ClN4O. The van der Waals surface area contributed by atoms with E-state index in [0.29, 0.717) is 16.4 Å². The van der Waals surface area contributed by atoms with Crippen LogP contribution in [-0.4, -0.2) is 20.9 Å². The molecule has 0 aliphatic carbocycles. The number of nitrogens with zero attached hydrogens (tertiary/aromatic N) is 3. The van der Waals surface area contributed by atoms with Gasteiger partial charge in [0.05, 0.1) is 22.1 Å². The largest absolute Gasteiger partial charge is 0.319 e. The summed E-state index contributed by atoms with van der Waals surface area (Å²) in [7, 11) is 0. The molecule has 0 saturated carbocycles. The number of hydrogen-bond donors (Lipinski definition) is 1. The zero-order valence-electron chi connectivity index (χ0n) is 13.7. The van der Waals surface area contributed by atoms with Gasteiger partial charge in [0.1, 0.15) is 0 Å². The molecule has 122 valence electrons. The molecule has 1 N–H and O–H groups in total. The van der Waals surface area contributed by atoms with E-state index in [9.17, 15) is 4.79 Å². The zero-order valence-corrected chi connectivity index (χ0v) is 14.4. The van der Waals surface area contributed by atoms with Crippen LogP contribution in [0.3, 0.4) is 0 Å². The predicted octanol–water partition coefficient (Wildman–Crippen LogP) is 4.10. The lowest BCUT2D eigenvalue weighted by molar-refractivity contribution is 0.102. The van der Waals surface area contributed by atoms with Gasteiger partial charge in [0, 0.05) is 0 Å². The first-order chi connectivity index (χ1) is 11.5. The Morgan fingerprint density at radius 3 is 2.54 bits per heavy atom. The molecule has 0 aliphatic rings. The van der Waals surface area contributed by atoms with Crippen LogP contribution in [0.25, 0.3) is 5.69 Å². The molecule has 0 radical (unpaired) electrons. The average molecular weight is 341 g/mol. The maximum atomic E-state index is 12.5. The third-order valence-electron chi connectivity index (χ3n) is 3.97. The fourth-order valence-electron chi connectivity index (χ4n) is 2.39. The van der Waals surface area contributed by atoms with Crippen LogP contribution in [0.1, 0.15) is 27.3 Å². The summed E-state index contributed by atoms with van der Waals surface area (Å²) in [4.78, 5) is 12.5. The maximum absolute atomic E-state index is 12.5. The number of anilines is 1. The van der Waals surface area contributed by atoms with E-state index in [0.717, 1.165) is 11.3 Å². The Bertz CT molecular complexity index is 917. The summed E-state index contributed by atoms with van der Waals surface area (Å²) in [6.07, 6.45) is 0. The third kappa shape index (κ3) is 3.03. The van der Waals surface area contributed by atoms with Gasteiger partial charge in [-0.1, -0.05) is 35.0 Å². The van der Waals surface area contributed by atoms with Crippen LogP contribution in [0.2, 0.25) is 5.02 Å². The molecule has 0 atom stereocenters. The standard InChI is InChI=1S/C18H17ClN4O/c1-11-8-9-14(10-12(11)2)23-13(3)17(21-22-23)18(24)20-16-7-5-4-6-15(16)19/h4-10H,1-3H3,(H,20,24). The second-order valence-electron chi connectivity index (χ2n) is 5.64. The summed E-state index contributed by atoms with van der Waals surface area (Å²) in [5.41, 5.74) is 4.72. The minimum atomic E-state index is -0.337. The summed E-state index contributed by atoms with van der Waals surface area (Å²) in [5, 5.41) is 11.4. The molecule has 1 heterocycles. The lowest BCUT2D eigenvalue weighted by atomic mass is 10.1. The quantitative estimate of drug-likeness (QED) is 0.781. The molecule has 1 amide bonds. The summed E-state index contributed by atoms with van der Waals surface area (Å²) in [5.74, 6) is -0.337. The number of amides is 1. The molecule has 24 heavy (non-hydrogen) atoms. The Morgan fingerprint density at radius 1 is 1.08 bits per heavy atom. The molecule has 0 spiro atoms. The Kier molecular flexibility index (Phi) is 4.36. The summed E-state index contributed by atoms with van der Waals surface area (Å²) in [6, 6.07) is 13.1. The summed E-state index contributed by atoms with van der Waals surface area (Å²) >= 11 is 6.07. The van der Waals surface area contributed by atoms with Gasteiger partial charge in [0.25, 0.3) is 5.91 Å². The van der Waals surface area contributed by atoms with E-state index >= 15 is 0 Å². The van der Waals surface area contributed by atoms with Gasteiger partial charge >= 0.3 is 0 Å². The normalized spacial score (nSPS) is 10.7. The van der Waals surface area contributed by atoms with E-state index in [-0.39, 0.29) is 11.6 Å². The predicted molar refractivity (Wildman–Crippen MR) is 95.0 cm³/mol. The first-order valence-corrected chi connectivity index (χ1v) is 7.91. The SMILES string of the molecule is Cc1ccc(-n2nnc(C(=O)Nc3ccccc3Cl)c2C)cc1C. The fraction of sp³-hybridized carbons (Fsp3) is 0.167. The van der Waals surface area contributed by atoms with Gasteiger partial charge in [-0.25, -0.2) is 4.68 Å². The number of aromatic nitrogens is 3. The molecular weight excluding hydrogens is 324 g/mol. The molecule has 0 fully saturated rings. The number of hydrogen-bond acceptors (Lipinski definition) is 3. The number of para-hydroxylation sites is 1. The summed E-state index contributed by atoms with van der Waals surface area (Å²) in [6.45, 7) is 5.91. The highest BCUT2D eigenvalue weighted by Gasteiger charge is 2.18. The van der Waals surface area contributed by atoms with Gasteiger partial charge in [-0.3, -0.25) is 4.79 Å². The first kappa shape index (κ1) is 16.2. The number of carbonyl (C=O) groups excluding carboxylic acids is 1. The maximum Gasteiger partial charge on any atom is 0.278 e.